The summed E-state index contributed by atoms with van der Waals surface area (Å²) in [6, 6.07) is 13.6. The Kier molecular flexibility index (Phi) is 8.19. The minimum Gasteiger partial charge on any atom is -0.494 e. The van der Waals surface area contributed by atoms with Crippen molar-refractivity contribution in [3.63, 3.8) is 0 Å². The minimum atomic E-state index is -3.95. The summed E-state index contributed by atoms with van der Waals surface area (Å²) in [5.41, 5.74) is 4.48. The van der Waals surface area contributed by atoms with E-state index in [1.165, 1.54) is 26.3 Å². The first kappa shape index (κ1) is 26.7. The van der Waals surface area contributed by atoms with Crippen molar-refractivity contribution in [1.29, 1.82) is 0 Å². The van der Waals surface area contributed by atoms with Crippen LogP contribution in [0.15, 0.2) is 53.7 Å². The van der Waals surface area contributed by atoms with Gasteiger partial charge in [-0.1, -0.05) is 24.3 Å². The Hall–Kier alpha value is -3.37. The Balaban J connectivity index is 1.48. The van der Waals surface area contributed by atoms with Crippen LogP contribution >= 0.6 is 0 Å². The third-order valence-electron chi connectivity index (χ3n) is 6.72. The van der Waals surface area contributed by atoms with E-state index in [1.54, 1.807) is 0 Å². The third-order valence-corrected chi connectivity index (χ3v) is 8.56. The summed E-state index contributed by atoms with van der Waals surface area (Å²) in [5.74, 6) is 0.286. The average molecular weight is 526 g/mol. The summed E-state index contributed by atoms with van der Waals surface area (Å²) in [6.45, 7) is 11.0. The van der Waals surface area contributed by atoms with Crippen molar-refractivity contribution >= 4 is 21.6 Å². The number of ether oxygens (including phenoxy) is 1. The minimum absolute atomic E-state index is 0.0599. The van der Waals surface area contributed by atoms with Gasteiger partial charge in [-0.3, -0.25) is 9.48 Å². The van der Waals surface area contributed by atoms with Gasteiger partial charge in [0.1, 0.15) is 5.75 Å². The first-order valence-electron chi connectivity index (χ1n) is 12.6. The smallest absolute Gasteiger partial charge is 0.263 e. The van der Waals surface area contributed by atoms with E-state index in [4.69, 9.17) is 4.74 Å². The van der Waals surface area contributed by atoms with Gasteiger partial charge in [0.05, 0.1) is 12.2 Å². The second kappa shape index (κ2) is 11.4. The third kappa shape index (κ3) is 5.80. The van der Waals surface area contributed by atoms with Gasteiger partial charge < -0.3 is 15.0 Å². The molecule has 0 aliphatic carbocycles. The van der Waals surface area contributed by atoms with E-state index >= 15 is 0 Å². The molecule has 1 amide bonds. The normalized spacial score (nSPS) is 14.5. The average Bonchev–Trinajstić information content (AvgIpc) is 3.36. The van der Waals surface area contributed by atoms with Crippen molar-refractivity contribution in [2.24, 2.45) is 0 Å². The van der Waals surface area contributed by atoms with Crippen LogP contribution in [0.5, 0.6) is 5.75 Å². The maximum atomic E-state index is 13.6. The fraction of sp³-hybridized carbons (Fsp3) is 0.407. The molecule has 0 saturated carbocycles. The highest BCUT2D eigenvalue weighted by atomic mass is 32.2. The van der Waals surface area contributed by atoms with E-state index in [2.05, 4.69) is 41.3 Å². The number of aryl methyl sites for hydroxylation is 2. The molecule has 0 bridgehead atoms. The Bertz CT molecular complexity index is 1340. The van der Waals surface area contributed by atoms with Gasteiger partial charge in [0.2, 0.25) is 5.03 Å². The molecule has 3 aromatic rings. The van der Waals surface area contributed by atoms with Gasteiger partial charge in [0, 0.05) is 51.2 Å². The second-order valence-electron chi connectivity index (χ2n) is 9.07. The quantitative estimate of drug-likeness (QED) is 0.460. The molecule has 37 heavy (non-hydrogen) atoms. The molecule has 9 nitrogen and oxygen atoms in total. The summed E-state index contributed by atoms with van der Waals surface area (Å²) >= 11 is 0. The molecule has 1 aliphatic heterocycles. The number of benzene rings is 2. The molecule has 10 heteroatoms. The monoisotopic (exact) mass is 525 g/mol. The number of nitrogens with one attached hydrogen (secondary N) is 1. The number of carbonyl (C=O) groups is 1. The van der Waals surface area contributed by atoms with Crippen LogP contribution in [0, 0.1) is 13.8 Å². The molecule has 4 rings (SSSR count). The van der Waals surface area contributed by atoms with E-state index in [1.807, 2.05) is 44.2 Å². The van der Waals surface area contributed by atoms with E-state index < -0.39 is 15.9 Å². The second-order valence-corrected chi connectivity index (χ2v) is 10.9. The summed E-state index contributed by atoms with van der Waals surface area (Å²) in [5, 5.41) is 6.92. The Morgan fingerprint density at radius 2 is 1.73 bits per heavy atom. The first-order valence-corrected chi connectivity index (χ1v) is 14.1. The van der Waals surface area contributed by atoms with Crippen LogP contribution in [0.2, 0.25) is 0 Å². The maximum Gasteiger partial charge on any atom is 0.263 e. The largest absolute Gasteiger partial charge is 0.494 e. The van der Waals surface area contributed by atoms with Crippen LogP contribution in [0.4, 0.5) is 5.69 Å². The summed E-state index contributed by atoms with van der Waals surface area (Å²) in [7, 11) is -3.95. The van der Waals surface area contributed by atoms with Crippen LogP contribution in [0.25, 0.3) is 0 Å². The zero-order valence-corrected chi connectivity index (χ0v) is 22.7. The number of carbonyl (C=O) groups excluding carboxylic acids is 1. The molecule has 2 heterocycles. The van der Waals surface area contributed by atoms with Crippen LogP contribution in [0.3, 0.4) is 0 Å². The zero-order valence-electron chi connectivity index (χ0n) is 21.9. The molecular formula is C27H35N5O4S. The Morgan fingerprint density at radius 1 is 1.03 bits per heavy atom. The Morgan fingerprint density at radius 3 is 2.38 bits per heavy atom. The van der Waals surface area contributed by atoms with Gasteiger partial charge >= 0.3 is 0 Å². The number of nitrogens with zero attached hydrogens (tertiary/aromatic N) is 4. The summed E-state index contributed by atoms with van der Waals surface area (Å²) < 4.78 is 35.6. The number of sulfonamides is 1. The lowest BCUT2D eigenvalue weighted by Crippen LogP contribution is -2.49. The van der Waals surface area contributed by atoms with Gasteiger partial charge in [-0.2, -0.15) is 9.40 Å². The number of aromatic nitrogens is 2. The number of rotatable bonds is 9. The predicted molar refractivity (Wildman–Crippen MR) is 144 cm³/mol. The highest BCUT2D eigenvalue weighted by Crippen LogP contribution is 2.26. The standard InChI is InChI=1S/C27H35N5O4S/c1-5-31-19-24(26(33)28-18-22-10-12-23(13-11-22)36-6-2)27(29-31)37(34,35)32-16-14-30(15-17-32)25-9-7-8-20(3)21(25)4/h7-13,19H,5-6,14-18H2,1-4H3,(H,28,33). The zero-order chi connectivity index (χ0) is 26.6. The lowest BCUT2D eigenvalue weighted by molar-refractivity contribution is 0.0947. The highest BCUT2D eigenvalue weighted by Gasteiger charge is 2.35. The molecule has 0 unspecified atom stereocenters. The highest BCUT2D eigenvalue weighted by molar-refractivity contribution is 7.89. The van der Waals surface area contributed by atoms with Crippen LogP contribution < -0.4 is 15.0 Å². The van der Waals surface area contributed by atoms with Crippen molar-refractivity contribution in [1.82, 2.24) is 19.4 Å². The van der Waals surface area contributed by atoms with Crippen molar-refractivity contribution in [3.05, 3.63) is 70.9 Å². The number of piperazine rings is 1. The first-order chi connectivity index (χ1) is 17.7. The molecule has 198 valence electrons. The molecule has 1 aromatic heterocycles. The fourth-order valence-electron chi connectivity index (χ4n) is 4.43. The van der Waals surface area contributed by atoms with E-state index in [-0.39, 0.29) is 17.1 Å². The number of amides is 1. The molecular weight excluding hydrogens is 490 g/mol. The van der Waals surface area contributed by atoms with Gasteiger partial charge in [0.25, 0.3) is 15.9 Å². The fourth-order valence-corrected chi connectivity index (χ4v) is 5.95. The molecule has 1 aliphatic rings. The Labute approximate surface area is 219 Å². The SMILES string of the molecule is CCOc1ccc(CNC(=O)c2cn(CC)nc2S(=O)(=O)N2CCN(c3cccc(C)c3C)CC2)cc1. The number of anilines is 1. The molecule has 0 atom stereocenters. The van der Waals surface area contributed by atoms with Gasteiger partial charge in [-0.05, 0) is 62.6 Å². The molecule has 0 radical (unpaired) electrons. The van der Waals surface area contributed by atoms with E-state index in [0.29, 0.717) is 39.3 Å². The number of hydrogen-bond acceptors (Lipinski definition) is 6. The molecule has 2 aromatic carbocycles. The van der Waals surface area contributed by atoms with Gasteiger partial charge in [-0.25, -0.2) is 8.42 Å². The van der Waals surface area contributed by atoms with Crippen molar-refractivity contribution in [2.45, 2.75) is 45.8 Å². The molecule has 0 spiro atoms. The van der Waals surface area contributed by atoms with E-state index in [9.17, 15) is 13.2 Å². The number of hydrogen-bond donors (Lipinski definition) is 1. The van der Waals surface area contributed by atoms with Crippen molar-refractivity contribution in [3.8, 4) is 5.75 Å². The van der Waals surface area contributed by atoms with Crippen LogP contribution in [-0.2, 0) is 23.1 Å². The molecule has 1 saturated heterocycles. The maximum absolute atomic E-state index is 13.6. The van der Waals surface area contributed by atoms with Gasteiger partial charge in [-0.15, -0.1) is 0 Å². The lowest BCUT2D eigenvalue weighted by Gasteiger charge is -2.36. The topological polar surface area (TPSA) is 96.8 Å². The van der Waals surface area contributed by atoms with E-state index in [0.717, 1.165) is 17.0 Å². The van der Waals surface area contributed by atoms with Gasteiger partial charge in [0.15, 0.2) is 0 Å². The van der Waals surface area contributed by atoms with Crippen LogP contribution in [0.1, 0.15) is 40.9 Å². The predicted octanol–water partition coefficient (Wildman–Crippen LogP) is 3.36. The van der Waals surface area contributed by atoms with Crippen molar-refractivity contribution < 1.29 is 17.9 Å². The van der Waals surface area contributed by atoms with Crippen molar-refractivity contribution in [2.75, 3.05) is 37.7 Å². The lowest BCUT2D eigenvalue weighted by atomic mass is 10.1. The molecule has 1 fully saturated rings. The van der Waals surface area contributed by atoms with Crippen LogP contribution in [-0.4, -0.2) is 61.2 Å². The summed E-state index contributed by atoms with van der Waals surface area (Å²) in [4.78, 5) is 15.3. The molecule has 1 N–H and O–H groups in total. The summed E-state index contributed by atoms with van der Waals surface area (Å²) in [6.07, 6.45) is 1.51.